The second kappa shape index (κ2) is 8.57. The van der Waals surface area contributed by atoms with Gasteiger partial charge in [-0.15, -0.1) is 12.6 Å². The molecule has 0 spiro atoms. The van der Waals surface area contributed by atoms with Crippen LogP contribution in [0.2, 0.25) is 5.02 Å². The Kier molecular flexibility index (Phi) is 6.32. The maximum Gasteiger partial charge on any atom is 0.265 e. The number of benzene rings is 2. The molecule has 154 valence electrons. The summed E-state index contributed by atoms with van der Waals surface area (Å²) >= 11 is 10.3. The van der Waals surface area contributed by atoms with Gasteiger partial charge in [0.05, 0.1) is 17.1 Å². The fourth-order valence-electron chi connectivity index (χ4n) is 2.41. The number of nitrogens with one attached hydrogen (secondary N) is 4. The van der Waals surface area contributed by atoms with Crippen molar-refractivity contribution in [1.82, 2.24) is 15.6 Å². The monoisotopic (exact) mass is 457 g/mol. The van der Waals surface area contributed by atoms with Crippen LogP contribution in [-0.4, -0.2) is 32.9 Å². The number of carbonyl (C=O) groups excluding carboxylic acids is 1. The summed E-state index contributed by atoms with van der Waals surface area (Å²) in [4.78, 5) is 16.4. The highest BCUT2D eigenvalue weighted by atomic mass is 35.5. The van der Waals surface area contributed by atoms with Crippen LogP contribution in [0.1, 0.15) is 17.3 Å². The Balaban J connectivity index is 1.88. The van der Waals surface area contributed by atoms with Gasteiger partial charge in [-0.25, -0.2) is 27.9 Å². The largest absolute Gasteiger partial charge is 0.322 e. The molecular weight excluding hydrogens is 441 g/mol. The van der Waals surface area contributed by atoms with E-state index < -0.39 is 21.7 Å². The van der Waals surface area contributed by atoms with Crippen LogP contribution in [0.4, 0.5) is 10.1 Å². The summed E-state index contributed by atoms with van der Waals surface area (Å²) in [5.74, 6) is -1.10. The van der Waals surface area contributed by atoms with E-state index in [0.29, 0.717) is 12.2 Å². The lowest BCUT2D eigenvalue weighted by Gasteiger charge is -2.22. The predicted octanol–water partition coefficient (Wildman–Crippen LogP) is 2.15. The molecule has 29 heavy (non-hydrogen) atoms. The topological polar surface area (TPSA) is 112 Å². The average molecular weight is 458 g/mol. The number of thiol groups is 1. The number of carbonyl (C=O) groups is 1. The third-order valence-electron chi connectivity index (χ3n) is 3.88. The summed E-state index contributed by atoms with van der Waals surface area (Å²) < 4.78 is 40.8. The van der Waals surface area contributed by atoms with Gasteiger partial charge in [-0.2, -0.15) is 0 Å². The van der Waals surface area contributed by atoms with Gasteiger partial charge >= 0.3 is 0 Å². The van der Waals surface area contributed by atoms with Gasteiger partial charge in [0.15, 0.2) is 0 Å². The molecule has 0 saturated carbocycles. The van der Waals surface area contributed by atoms with Crippen molar-refractivity contribution in [2.75, 3.05) is 11.9 Å². The maximum atomic E-state index is 13.0. The van der Waals surface area contributed by atoms with E-state index in [-0.39, 0.29) is 32.4 Å². The van der Waals surface area contributed by atoms with E-state index in [0.717, 1.165) is 6.07 Å². The van der Waals surface area contributed by atoms with Crippen molar-refractivity contribution in [3.05, 3.63) is 52.8 Å². The van der Waals surface area contributed by atoms with Gasteiger partial charge < -0.3 is 5.32 Å². The molecule has 0 aliphatic carbocycles. The highest BCUT2D eigenvalue weighted by molar-refractivity contribution is 7.91. The number of guanidine groups is 1. The molecule has 0 aromatic heterocycles. The van der Waals surface area contributed by atoms with Gasteiger partial charge in [-0.05, 0) is 43.3 Å². The number of anilines is 1. The Bertz CT molecular complexity index is 1080. The average Bonchev–Trinajstić information content (AvgIpc) is 2.65. The number of aliphatic imine (C=N–C) groups is 1. The van der Waals surface area contributed by atoms with E-state index in [2.05, 4.69) is 38.5 Å². The van der Waals surface area contributed by atoms with E-state index in [4.69, 9.17) is 11.6 Å². The quantitative estimate of drug-likeness (QED) is 0.452. The summed E-state index contributed by atoms with van der Waals surface area (Å²) in [6, 6.07) is 7.52. The predicted molar refractivity (Wildman–Crippen MR) is 111 cm³/mol. The Labute approximate surface area is 177 Å². The summed E-state index contributed by atoms with van der Waals surface area (Å²) in [7, 11) is -4.11. The lowest BCUT2D eigenvalue weighted by molar-refractivity contribution is 0.102. The Morgan fingerprint density at radius 3 is 2.62 bits per heavy atom. The minimum Gasteiger partial charge on any atom is -0.322 e. The molecule has 12 heteroatoms. The van der Waals surface area contributed by atoms with Crippen molar-refractivity contribution in [1.29, 1.82) is 0 Å². The molecule has 1 heterocycles. The molecule has 1 unspecified atom stereocenters. The Morgan fingerprint density at radius 2 is 2.00 bits per heavy atom. The van der Waals surface area contributed by atoms with Crippen molar-refractivity contribution in [2.24, 2.45) is 4.99 Å². The molecule has 1 amide bonds. The van der Waals surface area contributed by atoms with Crippen molar-refractivity contribution < 1.29 is 17.6 Å². The Morgan fingerprint density at radius 1 is 1.31 bits per heavy atom. The Hall–Kier alpha value is -2.34. The van der Waals surface area contributed by atoms with E-state index in [1.54, 1.807) is 0 Å². The van der Waals surface area contributed by atoms with Crippen molar-refractivity contribution in [2.45, 2.75) is 22.8 Å². The summed E-state index contributed by atoms with van der Waals surface area (Å²) in [5.41, 5.74) is 5.74. The molecular formula is C17H17ClFN5O3S2. The third kappa shape index (κ3) is 5.18. The molecule has 1 aliphatic rings. The number of hydrogen-bond acceptors (Lipinski definition) is 7. The van der Waals surface area contributed by atoms with Gasteiger partial charge in [0.1, 0.15) is 10.7 Å². The summed E-state index contributed by atoms with van der Waals surface area (Å²) in [5, 5.41) is 2.55. The molecule has 0 saturated heterocycles. The molecule has 8 nitrogen and oxygen atoms in total. The van der Waals surface area contributed by atoms with Crippen LogP contribution in [0.15, 0.2) is 51.2 Å². The minimum atomic E-state index is -4.11. The zero-order valence-corrected chi connectivity index (χ0v) is 17.5. The van der Waals surface area contributed by atoms with Gasteiger partial charge in [0.2, 0.25) is 5.96 Å². The second-order valence-corrected chi connectivity index (χ2v) is 8.77. The van der Waals surface area contributed by atoms with Gasteiger partial charge in [-0.3, -0.25) is 10.2 Å². The van der Waals surface area contributed by atoms with Gasteiger partial charge in [0, 0.05) is 16.6 Å². The highest BCUT2D eigenvalue weighted by Gasteiger charge is 2.24. The van der Waals surface area contributed by atoms with Crippen LogP contribution in [0, 0.1) is 5.82 Å². The number of rotatable bonds is 4. The third-order valence-corrected chi connectivity index (χ3v) is 6.09. The zero-order valence-electron chi connectivity index (χ0n) is 15.0. The van der Waals surface area contributed by atoms with E-state index in [1.165, 1.54) is 30.3 Å². The van der Waals surface area contributed by atoms with Crippen LogP contribution in [0.25, 0.3) is 0 Å². The number of sulfonamides is 1. The van der Waals surface area contributed by atoms with Crippen molar-refractivity contribution in [3.63, 3.8) is 0 Å². The van der Waals surface area contributed by atoms with Crippen LogP contribution in [0.5, 0.6) is 0 Å². The van der Waals surface area contributed by atoms with Crippen LogP contribution in [0.3, 0.4) is 0 Å². The molecule has 0 fully saturated rings. The van der Waals surface area contributed by atoms with Crippen LogP contribution >= 0.6 is 24.2 Å². The number of hydrazine groups is 1. The first kappa shape index (κ1) is 21.4. The zero-order chi connectivity index (χ0) is 21.2. The van der Waals surface area contributed by atoms with Gasteiger partial charge in [-0.1, -0.05) is 11.6 Å². The van der Waals surface area contributed by atoms with E-state index >= 15 is 0 Å². The van der Waals surface area contributed by atoms with E-state index in [1.807, 2.05) is 6.92 Å². The number of amides is 1. The molecule has 1 aliphatic heterocycles. The van der Waals surface area contributed by atoms with Crippen molar-refractivity contribution in [3.8, 4) is 0 Å². The first-order valence-corrected chi connectivity index (χ1v) is 10.6. The number of nitrogens with zero attached hydrogens (tertiary/aromatic N) is 1. The summed E-state index contributed by atoms with van der Waals surface area (Å²) in [6.07, 6.45) is 0. The molecule has 0 radical (unpaired) electrons. The molecule has 4 N–H and O–H groups in total. The van der Waals surface area contributed by atoms with Crippen LogP contribution in [-0.2, 0) is 10.0 Å². The molecule has 3 rings (SSSR count). The summed E-state index contributed by atoms with van der Waals surface area (Å²) in [6.45, 7) is 2.25. The minimum absolute atomic E-state index is 0.0113. The molecule has 2 aromatic rings. The lowest BCUT2D eigenvalue weighted by atomic mass is 10.2. The van der Waals surface area contributed by atoms with Gasteiger partial charge in [0.25, 0.3) is 15.9 Å². The van der Waals surface area contributed by atoms with E-state index in [9.17, 15) is 17.6 Å². The fourth-order valence-corrected chi connectivity index (χ4v) is 4.38. The molecule has 0 bridgehead atoms. The fraction of sp³-hybridized carbons (Fsp3) is 0.176. The molecule has 2 aromatic carbocycles. The SMILES string of the molecule is CC1CN=C(NS(=O)(=O)c2cc(C(=O)Nc3ccc(F)cc3)c(Cl)cc2S)NN1. The number of halogens is 2. The maximum absolute atomic E-state index is 13.0. The van der Waals surface area contributed by atoms with Crippen molar-refractivity contribution >= 4 is 51.8 Å². The number of hydrogen-bond donors (Lipinski definition) is 5. The second-order valence-electron chi connectivity index (χ2n) is 6.23. The lowest BCUT2D eigenvalue weighted by Crippen LogP contribution is -2.54. The highest BCUT2D eigenvalue weighted by Crippen LogP contribution is 2.28. The molecule has 1 atom stereocenters. The normalized spacial score (nSPS) is 16.6. The first-order chi connectivity index (χ1) is 13.7. The first-order valence-electron chi connectivity index (χ1n) is 8.34. The smallest absolute Gasteiger partial charge is 0.265 e. The van der Waals surface area contributed by atoms with Crippen LogP contribution < -0.4 is 20.9 Å². The standard InChI is InChI=1S/C17H17ClFN5O3S2/c1-9-8-20-17(23-22-9)24-29(26,27)15-6-12(13(18)7-14(15)28)16(25)21-11-4-2-10(19)3-5-11/h2-7,9,22,28H,8H2,1H3,(H,21,25)(H2,20,23,24).